The highest BCUT2D eigenvalue weighted by molar-refractivity contribution is 7.89. The predicted octanol–water partition coefficient (Wildman–Crippen LogP) is 2.98. The number of anilines is 1. The molecule has 0 radical (unpaired) electrons. The van der Waals surface area contributed by atoms with E-state index in [-0.39, 0.29) is 32.8 Å². The van der Waals surface area contributed by atoms with Crippen LogP contribution in [-0.2, 0) is 21.4 Å². The van der Waals surface area contributed by atoms with Gasteiger partial charge in [0.05, 0.1) is 17.7 Å². The van der Waals surface area contributed by atoms with Crippen LogP contribution in [0.15, 0.2) is 58.4 Å². The number of piperidine rings is 1. The van der Waals surface area contributed by atoms with Gasteiger partial charge in [-0.2, -0.15) is 4.31 Å². The van der Waals surface area contributed by atoms with Gasteiger partial charge in [-0.25, -0.2) is 8.42 Å². The first-order valence-corrected chi connectivity index (χ1v) is 12.8. The van der Waals surface area contributed by atoms with Crippen molar-refractivity contribution in [2.24, 2.45) is 5.92 Å². The van der Waals surface area contributed by atoms with Crippen LogP contribution in [-0.4, -0.2) is 48.3 Å². The Kier molecular flexibility index (Phi) is 7.09. The molecule has 1 aromatic heterocycles. The average molecular weight is 515 g/mol. The second-order valence-electron chi connectivity index (χ2n) is 8.75. The molecule has 0 bridgehead atoms. The molecule has 36 heavy (non-hydrogen) atoms. The molecular formula is C24H26N4O7S. The molecule has 4 rings (SSSR count). The van der Waals surface area contributed by atoms with Crippen molar-refractivity contribution in [2.45, 2.75) is 31.2 Å². The monoisotopic (exact) mass is 514 g/mol. The molecule has 12 heteroatoms. The number of ether oxygens (including phenoxy) is 1. The number of carbonyl (C=O) groups excluding carboxylic acids is 1. The number of sulfonamides is 1. The van der Waals surface area contributed by atoms with Crippen LogP contribution in [0.1, 0.15) is 19.8 Å². The Labute approximate surface area is 207 Å². The number of methoxy groups -OCH3 is 1. The van der Waals surface area contributed by atoms with Gasteiger partial charge < -0.3 is 14.6 Å². The quantitative estimate of drug-likeness (QED) is 0.377. The molecule has 2 heterocycles. The Morgan fingerprint density at radius 3 is 2.47 bits per heavy atom. The smallest absolute Gasteiger partial charge is 0.271 e. The van der Waals surface area contributed by atoms with Crippen LogP contribution in [0, 0.1) is 16.0 Å². The first kappa shape index (κ1) is 25.3. The first-order chi connectivity index (χ1) is 17.1. The molecule has 11 nitrogen and oxygen atoms in total. The number of hydrogen-bond donors (Lipinski definition) is 1. The number of benzene rings is 2. The van der Waals surface area contributed by atoms with Crippen LogP contribution in [0.5, 0.6) is 5.75 Å². The van der Waals surface area contributed by atoms with E-state index in [0.717, 1.165) is 23.5 Å². The fraction of sp³-hybridized carbons (Fsp3) is 0.333. The third-order valence-corrected chi connectivity index (χ3v) is 8.23. The number of nitro benzene ring substituents is 1. The standard InChI is InChI=1S/C24H26N4O7S/c1-16-9-11-27(12-10-16)36(33,34)22-14-26(24(30)19-6-4-3-5-18(19)22)15-23(29)25-20-13-17(28(31)32)7-8-21(20)35-2/h3-8,13-14,16H,9-12,15H2,1-2H3,(H,25,29). The van der Waals surface area contributed by atoms with Crippen LogP contribution in [0.3, 0.4) is 0 Å². The van der Waals surface area contributed by atoms with Gasteiger partial charge in [-0.05, 0) is 30.9 Å². The van der Waals surface area contributed by atoms with E-state index in [9.17, 15) is 28.1 Å². The Bertz CT molecular complexity index is 1490. The Morgan fingerprint density at radius 2 is 1.83 bits per heavy atom. The van der Waals surface area contributed by atoms with Crippen molar-refractivity contribution in [2.75, 3.05) is 25.5 Å². The summed E-state index contributed by atoms with van der Waals surface area (Å²) in [5.41, 5.74) is -0.725. The van der Waals surface area contributed by atoms with E-state index >= 15 is 0 Å². The highest BCUT2D eigenvalue weighted by Crippen LogP contribution is 2.30. The van der Waals surface area contributed by atoms with E-state index in [4.69, 9.17) is 4.74 Å². The van der Waals surface area contributed by atoms with Gasteiger partial charge in [0.1, 0.15) is 17.2 Å². The molecule has 1 fully saturated rings. The second-order valence-corrected chi connectivity index (χ2v) is 10.7. The number of nitro groups is 1. The van der Waals surface area contributed by atoms with Gasteiger partial charge >= 0.3 is 0 Å². The summed E-state index contributed by atoms with van der Waals surface area (Å²) in [6.45, 7) is 2.33. The van der Waals surface area contributed by atoms with Crippen molar-refractivity contribution in [3.8, 4) is 5.75 Å². The van der Waals surface area contributed by atoms with Crippen molar-refractivity contribution >= 4 is 38.1 Å². The molecule has 0 atom stereocenters. The minimum Gasteiger partial charge on any atom is -0.495 e. The highest BCUT2D eigenvalue weighted by Gasteiger charge is 2.30. The minimum absolute atomic E-state index is 0.0482. The number of aromatic nitrogens is 1. The van der Waals surface area contributed by atoms with Crippen molar-refractivity contribution in [3.63, 3.8) is 0 Å². The van der Waals surface area contributed by atoms with Gasteiger partial charge in [0.25, 0.3) is 11.2 Å². The molecular weight excluding hydrogens is 488 g/mol. The molecule has 2 aromatic carbocycles. The maximum Gasteiger partial charge on any atom is 0.271 e. The Balaban J connectivity index is 1.71. The van der Waals surface area contributed by atoms with Crippen molar-refractivity contribution < 1.29 is 22.9 Å². The number of nitrogens with zero attached hydrogens (tertiary/aromatic N) is 3. The largest absolute Gasteiger partial charge is 0.495 e. The van der Waals surface area contributed by atoms with E-state index in [1.165, 1.54) is 35.8 Å². The fourth-order valence-electron chi connectivity index (χ4n) is 4.25. The van der Waals surface area contributed by atoms with E-state index in [1.807, 2.05) is 0 Å². The number of amides is 1. The van der Waals surface area contributed by atoms with Gasteiger partial charge in [-0.3, -0.25) is 19.7 Å². The summed E-state index contributed by atoms with van der Waals surface area (Å²) in [7, 11) is -2.57. The summed E-state index contributed by atoms with van der Waals surface area (Å²) < 4.78 is 34.7. The van der Waals surface area contributed by atoms with Crippen LogP contribution in [0.2, 0.25) is 0 Å². The molecule has 1 aliphatic heterocycles. The SMILES string of the molecule is COc1ccc([N+](=O)[O-])cc1NC(=O)Cn1cc(S(=O)(=O)N2CCC(C)CC2)c2ccccc2c1=O. The molecule has 1 saturated heterocycles. The lowest BCUT2D eigenvalue weighted by molar-refractivity contribution is -0.384. The van der Waals surface area contributed by atoms with Crippen molar-refractivity contribution in [3.05, 3.63) is 69.1 Å². The molecule has 0 saturated carbocycles. The van der Waals surface area contributed by atoms with Crippen LogP contribution >= 0.6 is 0 Å². The molecule has 190 valence electrons. The van der Waals surface area contributed by atoms with Crippen molar-refractivity contribution in [1.82, 2.24) is 8.87 Å². The molecule has 0 unspecified atom stereocenters. The lowest BCUT2D eigenvalue weighted by Crippen LogP contribution is -2.38. The topological polar surface area (TPSA) is 141 Å². The Morgan fingerprint density at radius 1 is 1.17 bits per heavy atom. The number of nitrogens with one attached hydrogen (secondary N) is 1. The number of rotatable bonds is 7. The highest BCUT2D eigenvalue weighted by atomic mass is 32.2. The summed E-state index contributed by atoms with van der Waals surface area (Å²) in [6.07, 6.45) is 2.68. The third kappa shape index (κ3) is 4.95. The fourth-order valence-corrected chi connectivity index (χ4v) is 5.93. The lowest BCUT2D eigenvalue weighted by Gasteiger charge is -2.30. The molecule has 3 aromatic rings. The van der Waals surface area contributed by atoms with Gasteiger partial charge in [0, 0.05) is 42.2 Å². The normalized spacial score (nSPS) is 15.1. The maximum atomic E-state index is 13.6. The first-order valence-electron chi connectivity index (χ1n) is 11.4. The summed E-state index contributed by atoms with van der Waals surface area (Å²) >= 11 is 0. The van der Waals surface area contributed by atoms with Crippen LogP contribution < -0.4 is 15.6 Å². The molecule has 1 amide bonds. The number of non-ortho nitro benzene ring substituents is 1. The van der Waals surface area contributed by atoms with Gasteiger partial charge in [0.15, 0.2) is 0 Å². The van der Waals surface area contributed by atoms with Crippen molar-refractivity contribution in [1.29, 1.82) is 0 Å². The van der Waals surface area contributed by atoms with E-state index in [1.54, 1.807) is 18.2 Å². The van der Waals surface area contributed by atoms with Gasteiger partial charge in [-0.15, -0.1) is 0 Å². The average Bonchev–Trinajstić information content (AvgIpc) is 2.85. The number of hydrogen-bond acceptors (Lipinski definition) is 7. The second kappa shape index (κ2) is 10.1. The number of pyridine rings is 1. The zero-order valence-corrected chi connectivity index (χ0v) is 20.7. The predicted molar refractivity (Wildman–Crippen MR) is 134 cm³/mol. The summed E-state index contributed by atoms with van der Waals surface area (Å²) in [5.74, 6) is -0.0552. The summed E-state index contributed by atoms with van der Waals surface area (Å²) in [5, 5.41) is 14.1. The Hall–Kier alpha value is -3.77. The maximum absolute atomic E-state index is 13.6. The summed E-state index contributed by atoms with van der Waals surface area (Å²) in [4.78, 5) is 36.5. The molecule has 0 spiro atoms. The number of fused-ring (bicyclic) bond motifs is 1. The zero-order valence-electron chi connectivity index (χ0n) is 19.8. The van der Waals surface area contributed by atoms with E-state index < -0.39 is 33.0 Å². The molecule has 1 aliphatic rings. The summed E-state index contributed by atoms with van der Waals surface area (Å²) in [6, 6.07) is 10.1. The van der Waals surface area contributed by atoms with Gasteiger partial charge in [0.2, 0.25) is 15.9 Å². The van der Waals surface area contributed by atoms with Crippen LogP contribution in [0.4, 0.5) is 11.4 Å². The van der Waals surface area contributed by atoms with Crippen LogP contribution in [0.25, 0.3) is 10.8 Å². The van der Waals surface area contributed by atoms with Gasteiger partial charge in [-0.1, -0.05) is 25.1 Å². The van der Waals surface area contributed by atoms with E-state index in [2.05, 4.69) is 12.2 Å². The third-order valence-electron chi connectivity index (χ3n) is 6.30. The number of carbonyl (C=O) groups is 1. The zero-order chi connectivity index (χ0) is 26.0. The minimum atomic E-state index is -3.92. The van der Waals surface area contributed by atoms with E-state index in [0.29, 0.717) is 19.0 Å². The molecule has 0 aliphatic carbocycles. The molecule has 1 N–H and O–H groups in total. The lowest BCUT2D eigenvalue weighted by atomic mass is 10.0.